The number of hydrogen-bond acceptors (Lipinski definition) is 5. The van der Waals surface area contributed by atoms with E-state index >= 15 is 0 Å². The summed E-state index contributed by atoms with van der Waals surface area (Å²) in [6.45, 7) is 5.40. The second-order valence-corrected chi connectivity index (χ2v) is 7.35. The minimum Gasteiger partial charge on any atom is -0.494 e. The van der Waals surface area contributed by atoms with E-state index in [2.05, 4.69) is 22.4 Å². The highest BCUT2D eigenvalue weighted by molar-refractivity contribution is 14.0. The summed E-state index contributed by atoms with van der Waals surface area (Å²) in [6, 6.07) is 5.01. The minimum absolute atomic E-state index is 0. The van der Waals surface area contributed by atoms with Crippen molar-refractivity contribution in [2.24, 2.45) is 4.99 Å². The molecule has 1 atom stereocenters. The summed E-state index contributed by atoms with van der Waals surface area (Å²) in [5.74, 6) is 1.59. The van der Waals surface area contributed by atoms with Crippen molar-refractivity contribution in [3.63, 3.8) is 0 Å². The van der Waals surface area contributed by atoms with E-state index in [0.29, 0.717) is 19.6 Å². The molecule has 1 unspecified atom stereocenters. The molecule has 2 aromatic rings. The summed E-state index contributed by atoms with van der Waals surface area (Å²) in [5, 5.41) is 11.5. The van der Waals surface area contributed by atoms with Gasteiger partial charge in [0.2, 0.25) is 0 Å². The van der Waals surface area contributed by atoms with E-state index in [1.807, 2.05) is 22.6 Å². The first-order valence-corrected chi connectivity index (χ1v) is 10.4. The summed E-state index contributed by atoms with van der Waals surface area (Å²) in [4.78, 5) is 6.76. The topological polar surface area (TPSA) is 76.8 Å². The number of ether oxygens (including phenoxy) is 2. The average Bonchev–Trinajstić information content (AvgIpc) is 3.42. The Morgan fingerprint density at radius 1 is 1.45 bits per heavy atom. The maximum absolute atomic E-state index is 14.1. The molecule has 1 fully saturated rings. The molecule has 0 bridgehead atoms. The molecule has 0 aliphatic carbocycles. The van der Waals surface area contributed by atoms with E-state index in [4.69, 9.17) is 14.5 Å². The normalized spacial score (nSPS) is 16.1. The van der Waals surface area contributed by atoms with Crippen LogP contribution < -0.4 is 10.1 Å². The van der Waals surface area contributed by atoms with Crippen molar-refractivity contribution in [2.75, 3.05) is 33.9 Å². The third-order valence-corrected chi connectivity index (χ3v) is 5.11. The number of aryl methyl sites for hydroxylation is 1. The molecule has 1 saturated heterocycles. The van der Waals surface area contributed by atoms with Crippen LogP contribution in [0.2, 0.25) is 0 Å². The molecule has 172 valence electrons. The number of nitrogens with one attached hydrogen (secondary N) is 1. The Hall–Kier alpha value is -1.95. The third-order valence-electron chi connectivity index (χ3n) is 5.11. The van der Waals surface area contributed by atoms with Gasteiger partial charge in [-0.3, -0.25) is 4.99 Å². The van der Waals surface area contributed by atoms with Crippen molar-refractivity contribution >= 4 is 29.9 Å². The highest BCUT2D eigenvalue weighted by Crippen LogP contribution is 2.18. The predicted octanol–water partition coefficient (Wildman–Crippen LogP) is 2.86. The fourth-order valence-corrected chi connectivity index (χ4v) is 3.47. The smallest absolute Gasteiger partial charge is 0.194 e. The highest BCUT2D eigenvalue weighted by Gasteiger charge is 2.16. The van der Waals surface area contributed by atoms with Crippen molar-refractivity contribution < 1.29 is 13.9 Å². The fraction of sp³-hybridized carbons (Fsp3) is 0.571. The highest BCUT2D eigenvalue weighted by atomic mass is 127. The van der Waals surface area contributed by atoms with Crippen LogP contribution in [-0.2, 0) is 24.2 Å². The van der Waals surface area contributed by atoms with Crippen molar-refractivity contribution in [3.05, 3.63) is 41.7 Å². The number of nitrogens with zero attached hydrogens (tertiary/aromatic N) is 5. The summed E-state index contributed by atoms with van der Waals surface area (Å²) in [6.07, 6.45) is 4.86. The Labute approximate surface area is 200 Å². The van der Waals surface area contributed by atoms with Gasteiger partial charge in [0.15, 0.2) is 17.5 Å². The van der Waals surface area contributed by atoms with Crippen molar-refractivity contribution in [1.29, 1.82) is 0 Å². The van der Waals surface area contributed by atoms with Gasteiger partial charge in [0.25, 0.3) is 0 Å². The molecular formula is C21H32FIN6O2. The van der Waals surface area contributed by atoms with Crippen molar-refractivity contribution in [1.82, 2.24) is 25.0 Å². The Bertz CT molecular complexity index is 841. The lowest BCUT2D eigenvalue weighted by molar-refractivity contribution is 0.117. The number of guanidine groups is 1. The third kappa shape index (κ3) is 7.30. The van der Waals surface area contributed by atoms with Gasteiger partial charge in [-0.25, -0.2) is 4.39 Å². The molecule has 10 heteroatoms. The molecule has 8 nitrogen and oxygen atoms in total. The molecule has 0 amide bonds. The van der Waals surface area contributed by atoms with E-state index < -0.39 is 0 Å². The second kappa shape index (κ2) is 12.8. The summed E-state index contributed by atoms with van der Waals surface area (Å²) >= 11 is 0. The van der Waals surface area contributed by atoms with Gasteiger partial charge >= 0.3 is 0 Å². The van der Waals surface area contributed by atoms with Crippen LogP contribution >= 0.6 is 24.0 Å². The van der Waals surface area contributed by atoms with Crippen LogP contribution in [0.15, 0.2) is 29.5 Å². The van der Waals surface area contributed by atoms with Gasteiger partial charge in [-0.05, 0) is 30.5 Å². The van der Waals surface area contributed by atoms with Crippen LogP contribution in [0, 0.1) is 5.82 Å². The Morgan fingerprint density at radius 2 is 2.29 bits per heavy atom. The average molecular weight is 546 g/mol. The molecule has 0 spiro atoms. The molecular weight excluding hydrogens is 514 g/mol. The van der Waals surface area contributed by atoms with Gasteiger partial charge in [-0.2, -0.15) is 0 Å². The van der Waals surface area contributed by atoms with Gasteiger partial charge in [-0.15, -0.1) is 34.2 Å². The van der Waals surface area contributed by atoms with E-state index in [9.17, 15) is 4.39 Å². The van der Waals surface area contributed by atoms with Gasteiger partial charge in [0, 0.05) is 39.7 Å². The van der Waals surface area contributed by atoms with Gasteiger partial charge in [0.05, 0.1) is 19.8 Å². The lowest BCUT2D eigenvalue weighted by atomic mass is 10.2. The molecule has 2 heterocycles. The first-order valence-electron chi connectivity index (χ1n) is 10.4. The molecule has 1 N–H and O–H groups in total. The zero-order valence-corrected chi connectivity index (χ0v) is 20.7. The minimum atomic E-state index is -0.367. The lowest BCUT2D eigenvalue weighted by Crippen LogP contribution is -2.40. The second-order valence-electron chi connectivity index (χ2n) is 7.35. The zero-order chi connectivity index (χ0) is 21.3. The van der Waals surface area contributed by atoms with Gasteiger partial charge < -0.3 is 24.3 Å². The van der Waals surface area contributed by atoms with E-state index in [0.717, 1.165) is 49.8 Å². The summed E-state index contributed by atoms with van der Waals surface area (Å²) < 4.78 is 26.8. The zero-order valence-electron chi connectivity index (χ0n) is 18.4. The number of methoxy groups -OCH3 is 1. The maximum Gasteiger partial charge on any atom is 0.194 e. The molecule has 1 aromatic carbocycles. The quantitative estimate of drug-likeness (QED) is 0.296. The number of rotatable bonds is 9. The molecule has 31 heavy (non-hydrogen) atoms. The molecule has 1 aliphatic rings. The van der Waals surface area contributed by atoms with Gasteiger partial charge in [-0.1, -0.05) is 13.0 Å². The number of aromatic nitrogens is 3. The molecule has 0 saturated carbocycles. The van der Waals surface area contributed by atoms with Crippen LogP contribution in [0.25, 0.3) is 0 Å². The van der Waals surface area contributed by atoms with Crippen LogP contribution in [-0.4, -0.2) is 65.6 Å². The van der Waals surface area contributed by atoms with E-state index in [1.165, 1.54) is 13.2 Å². The predicted molar refractivity (Wildman–Crippen MR) is 129 cm³/mol. The Balaban J connectivity index is 0.00000341. The van der Waals surface area contributed by atoms with Crippen LogP contribution in [0.4, 0.5) is 4.39 Å². The van der Waals surface area contributed by atoms with E-state index in [1.54, 1.807) is 12.4 Å². The standard InChI is InChI=1S/C21H31FN6O2.HI/c1-4-20-26-25-15-28(20)10-9-23-21(24-13-17-6-5-11-30-17)27(2)14-16-7-8-19(29-3)18(22)12-16;/h7-8,12,15,17H,4-6,9-11,13-14H2,1-3H3,(H,23,24);1H. The summed E-state index contributed by atoms with van der Waals surface area (Å²) in [7, 11) is 3.41. The number of halogens is 2. The Morgan fingerprint density at radius 3 is 2.97 bits per heavy atom. The Kier molecular flexibility index (Phi) is 10.4. The molecule has 1 aromatic heterocycles. The van der Waals surface area contributed by atoms with Crippen LogP contribution in [0.3, 0.4) is 0 Å². The summed E-state index contributed by atoms with van der Waals surface area (Å²) in [5.41, 5.74) is 0.842. The molecule has 0 radical (unpaired) electrons. The largest absolute Gasteiger partial charge is 0.494 e. The number of benzene rings is 1. The van der Waals surface area contributed by atoms with Gasteiger partial charge in [0.1, 0.15) is 12.2 Å². The first kappa shape index (κ1) is 25.3. The lowest BCUT2D eigenvalue weighted by Gasteiger charge is -2.23. The fourth-order valence-electron chi connectivity index (χ4n) is 3.47. The number of aliphatic imine (C=N–C) groups is 1. The maximum atomic E-state index is 14.1. The van der Waals surface area contributed by atoms with Crippen molar-refractivity contribution in [2.45, 2.75) is 45.4 Å². The molecule has 3 rings (SSSR count). The van der Waals surface area contributed by atoms with Crippen LogP contribution in [0.5, 0.6) is 5.75 Å². The van der Waals surface area contributed by atoms with E-state index in [-0.39, 0.29) is 41.6 Å². The first-order chi connectivity index (χ1) is 14.6. The number of hydrogen-bond donors (Lipinski definition) is 1. The monoisotopic (exact) mass is 546 g/mol. The molecule has 1 aliphatic heterocycles. The van der Waals surface area contributed by atoms with Crippen molar-refractivity contribution in [3.8, 4) is 5.75 Å². The SMILES string of the molecule is CCc1nncn1CCNC(=NCC1CCCO1)N(C)Cc1ccc(OC)c(F)c1.I. The van der Waals surface area contributed by atoms with Crippen LogP contribution in [0.1, 0.15) is 31.2 Å².